The minimum atomic E-state index is -3.23. The first kappa shape index (κ1) is 20.1. The molecule has 0 saturated heterocycles. The number of aliphatic imine (C=N–C) groups is 1. The molecule has 1 aliphatic carbocycles. The van der Waals surface area contributed by atoms with Gasteiger partial charge in [0, 0.05) is 24.9 Å². The van der Waals surface area contributed by atoms with Crippen LogP contribution in [0.5, 0.6) is 0 Å². The van der Waals surface area contributed by atoms with Gasteiger partial charge in [-0.15, -0.1) is 0 Å². The van der Waals surface area contributed by atoms with Crippen LogP contribution in [-0.4, -0.2) is 46.0 Å². The third kappa shape index (κ3) is 6.52. The first-order chi connectivity index (χ1) is 12.0. The average molecular weight is 385 g/mol. The molecular weight excluding hydrogens is 356 g/mol. The summed E-state index contributed by atoms with van der Waals surface area (Å²) in [7, 11) is -0.0234. The van der Waals surface area contributed by atoms with E-state index in [1.807, 2.05) is 36.0 Å². The second-order valence-corrected chi connectivity index (χ2v) is 9.28. The van der Waals surface area contributed by atoms with Gasteiger partial charge in [0.15, 0.2) is 5.96 Å². The van der Waals surface area contributed by atoms with Gasteiger partial charge in [-0.05, 0) is 43.7 Å². The van der Waals surface area contributed by atoms with Crippen molar-refractivity contribution in [3.8, 4) is 0 Å². The van der Waals surface area contributed by atoms with Gasteiger partial charge in [-0.1, -0.05) is 24.3 Å². The summed E-state index contributed by atoms with van der Waals surface area (Å²) in [6.45, 7) is 0.650. The van der Waals surface area contributed by atoms with Crippen molar-refractivity contribution in [3.63, 3.8) is 0 Å². The predicted molar refractivity (Wildman–Crippen MR) is 106 cm³/mol. The van der Waals surface area contributed by atoms with Crippen molar-refractivity contribution in [2.24, 2.45) is 4.99 Å². The van der Waals surface area contributed by atoms with Crippen LogP contribution in [-0.2, 0) is 22.3 Å². The molecule has 2 rings (SSSR count). The summed E-state index contributed by atoms with van der Waals surface area (Å²) in [4.78, 5) is 4.29. The van der Waals surface area contributed by atoms with Crippen molar-refractivity contribution in [2.45, 2.75) is 42.9 Å². The molecule has 0 amide bonds. The van der Waals surface area contributed by atoms with Gasteiger partial charge < -0.3 is 10.6 Å². The molecule has 25 heavy (non-hydrogen) atoms. The number of hydrogen-bond acceptors (Lipinski definition) is 4. The Hall–Kier alpha value is -1.25. The van der Waals surface area contributed by atoms with Crippen molar-refractivity contribution in [2.75, 3.05) is 20.4 Å². The summed E-state index contributed by atoms with van der Waals surface area (Å²) in [5, 5.41) is 7.56. The second kappa shape index (κ2) is 9.45. The predicted octanol–water partition coefficient (Wildman–Crippen LogP) is 1.68. The fraction of sp³-hybridized carbons (Fsp3) is 0.588. The first-order valence-corrected chi connectivity index (χ1v) is 11.4. The number of thioether (sulfide) groups is 1. The minimum Gasteiger partial charge on any atom is -0.354 e. The molecule has 1 aliphatic rings. The fourth-order valence-corrected chi connectivity index (χ4v) is 4.48. The Morgan fingerprint density at radius 2 is 1.92 bits per heavy atom. The summed E-state index contributed by atoms with van der Waals surface area (Å²) in [5.74, 6) is 0.812. The Kier molecular flexibility index (Phi) is 7.58. The lowest BCUT2D eigenvalue weighted by molar-refractivity contribution is 0.587. The van der Waals surface area contributed by atoms with Gasteiger partial charge in [0.05, 0.1) is 5.75 Å². The molecule has 2 atom stereocenters. The van der Waals surface area contributed by atoms with E-state index in [-0.39, 0.29) is 5.75 Å². The van der Waals surface area contributed by atoms with Crippen LogP contribution in [0.3, 0.4) is 0 Å². The highest BCUT2D eigenvalue weighted by Crippen LogP contribution is 2.27. The van der Waals surface area contributed by atoms with Gasteiger partial charge >= 0.3 is 0 Å². The van der Waals surface area contributed by atoms with E-state index in [1.165, 1.54) is 26.3 Å². The summed E-state index contributed by atoms with van der Waals surface area (Å²) in [6.07, 6.45) is 5.79. The third-order valence-electron chi connectivity index (χ3n) is 4.43. The molecule has 0 heterocycles. The Morgan fingerprint density at radius 3 is 2.48 bits per heavy atom. The van der Waals surface area contributed by atoms with E-state index in [2.05, 4.69) is 26.6 Å². The van der Waals surface area contributed by atoms with Crippen LogP contribution in [0.2, 0.25) is 0 Å². The van der Waals surface area contributed by atoms with Crippen molar-refractivity contribution in [1.82, 2.24) is 15.4 Å². The number of nitrogens with one attached hydrogen (secondary N) is 3. The van der Waals surface area contributed by atoms with E-state index < -0.39 is 10.0 Å². The van der Waals surface area contributed by atoms with Crippen LogP contribution in [0.4, 0.5) is 0 Å². The van der Waals surface area contributed by atoms with Gasteiger partial charge in [0.25, 0.3) is 0 Å². The number of guanidine groups is 1. The van der Waals surface area contributed by atoms with Crippen LogP contribution in [0.25, 0.3) is 0 Å². The van der Waals surface area contributed by atoms with E-state index in [9.17, 15) is 8.42 Å². The molecule has 0 radical (unpaired) electrons. The van der Waals surface area contributed by atoms with Gasteiger partial charge in [-0.25, -0.2) is 13.1 Å². The molecule has 3 N–H and O–H groups in total. The molecule has 0 spiro atoms. The van der Waals surface area contributed by atoms with Crippen molar-refractivity contribution < 1.29 is 8.42 Å². The zero-order valence-electron chi connectivity index (χ0n) is 15.1. The Bertz CT molecular complexity index is 674. The monoisotopic (exact) mass is 384 g/mol. The van der Waals surface area contributed by atoms with Crippen LogP contribution in [0, 0.1) is 0 Å². The molecule has 1 fully saturated rings. The SMILES string of the molecule is CN=C(NCc1ccc(CS(=O)(=O)NC)cc1)NC1CCC(SC)C1. The molecule has 0 aliphatic heterocycles. The van der Waals surface area contributed by atoms with Gasteiger partial charge in [-0.3, -0.25) is 4.99 Å². The second-order valence-electron chi connectivity index (χ2n) is 6.22. The largest absolute Gasteiger partial charge is 0.354 e. The van der Waals surface area contributed by atoms with E-state index in [4.69, 9.17) is 0 Å². The van der Waals surface area contributed by atoms with E-state index in [0.29, 0.717) is 12.6 Å². The zero-order valence-corrected chi connectivity index (χ0v) is 16.7. The van der Waals surface area contributed by atoms with Crippen LogP contribution in [0.1, 0.15) is 30.4 Å². The lowest BCUT2D eigenvalue weighted by atomic mass is 10.1. The molecular formula is C17H28N4O2S2. The summed E-state index contributed by atoms with van der Waals surface area (Å²) in [6, 6.07) is 8.07. The molecule has 1 aromatic rings. The van der Waals surface area contributed by atoms with Crippen LogP contribution in [0.15, 0.2) is 29.3 Å². The van der Waals surface area contributed by atoms with E-state index in [0.717, 1.165) is 22.3 Å². The van der Waals surface area contributed by atoms with Gasteiger partial charge in [0.2, 0.25) is 10.0 Å². The van der Waals surface area contributed by atoms with Crippen LogP contribution >= 0.6 is 11.8 Å². The first-order valence-electron chi connectivity index (χ1n) is 8.44. The summed E-state index contributed by atoms with van der Waals surface area (Å²) in [5.41, 5.74) is 1.86. The normalized spacial score (nSPS) is 21.3. The Morgan fingerprint density at radius 1 is 1.24 bits per heavy atom. The summed E-state index contributed by atoms with van der Waals surface area (Å²) < 4.78 is 25.5. The average Bonchev–Trinajstić information content (AvgIpc) is 3.07. The third-order valence-corrected chi connectivity index (χ3v) is 6.86. The molecule has 8 heteroatoms. The van der Waals surface area contributed by atoms with E-state index in [1.54, 1.807) is 7.05 Å². The highest BCUT2D eigenvalue weighted by Gasteiger charge is 2.24. The van der Waals surface area contributed by atoms with Crippen molar-refractivity contribution in [3.05, 3.63) is 35.4 Å². The number of nitrogens with zero attached hydrogens (tertiary/aromatic N) is 1. The van der Waals surface area contributed by atoms with Crippen LogP contribution < -0.4 is 15.4 Å². The van der Waals surface area contributed by atoms with Crippen molar-refractivity contribution in [1.29, 1.82) is 0 Å². The van der Waals surface area contributed by atoms with Gasteiger partial charge in [0.1, 0.15) is 0 Å². The molecule has 6 nitrogen and oxygen atoms in total. The lowest BCUT2D eigenvalue weighted by Crippen LogP contribution is -2.42. The number of benzene rings is 1. The molecule has 1 saturated carbocycles. The van der Waals surface area contributed by atoms with Crippen molar-refractivity contribution >= 4 is 27.7 Å². The maximum absolute atomic E-state index is 11.6. The minimum absolute atomic E-state index is 0.00127. The smallest absolute Gasteiger partial charge is 0.215 e. The molecule has 140 valence electrons. The molecule has 1 aromatic carbocycles. The van der Waals surface area contributed by atoms with E-state index >= 15 is 0 Å². The zero-order chi connectivity index (χ0) is 18.3. The fourth-order valence-electron chi connectivity index (χ4n) is 2.90. The topological polar surface area (TPSA) is 82.6 Å². The maximum Gasteiger partial charge on any atom is 0.215 e. The number of rotatable bonds is 7. The molecule has 2 unspecified atom stereocenters. The quantitative estimate of drug-likeness (QED) is 0.492. The lowest BCUT2D eigenvalue weighted by Gasteiger charge is -2.17. The molecule has 0 aromatic heterocycles. The standard InChI is InChI=1S/C17H28N4O2S2/c1-18-17(21-15-8-9-16(10-15)24-3)20-11-13-4-6-14(7-5-13)12-25(22,23)19-2/h4-7,15-16,19H,8-12H2,1-3H3,(H2,18,20,21). The van der Waals surface area contributed by atoms with Gasteiger partial charge in [-0.2, -0.15) is 11.8 Å². The molecule has 0 bridgehead atoms. The number of sulfonamides is 1. The maximum atomic E-state index is 11.6. The highest BCUT2D eigenvalue weighted by molar-refractivity contribution is 7.99. The summed E-state index contributed by atoms with van der Waals surface area (Å²) >= 11 is 1.94. The number of hydrogen-bond donors (Lipinski definition) is 3. The Labute approximate surface area is 155 Å². The highest BCUT2D eigenvalue weighted by atomic mass is 32.2. The Balaban J connectivity index is 1.83.